The van der Waals surface area contributed by atoms with Gasteiger partial charge in [-0.3, -0.25) is 0 Å². The molecule has 96 valence electrons. The molecule has 3 heteroatoms. The number of hydrogen-bond donors (Lipinski definition) is 1. The van der Waals surface area contributed by atoms with Crippen LogP contribution < -0.4 is 5.32 Å². The van der Waals surface area contributed by atoms with Crippen molar-refractivity contribution in [1.29, 1.82) is 0 Å². The lowest BCUT2D eigenvalue weighted by Gasteiger charge is -2.16. The molecule has 0 saturated heterocycles. The number of likely N-dealkylation sites (N-methyl/N-ethyl adjacent to an activating group) is 1. The predicted molar refractivity (Wildman–Crippen MR) is 80.2 cm³/mol. The van der Waals surface area contributed by atoms with Gasteiger partial charge < -0.3 is 5.32 Å². The molecule has 1 nitrogen and oxygen atoms in total. The first-order chi connectivity index (χ1) is 8.11. The topological polar surface area (TPSA) is 12.0 Å². The summed E-state index contributed by atoms with van der Waals surface area (Å²) in [5.74, 6) is 3.15. The number of nitrogens with one attached hydrogen (secondary N) is 1. The Kier molecular flexibility index (Phi) is 7.02. The van der Waals surface area contributed by atoms with Crippen LogP contribution in [0.15, 0.2) is 24.3 Å². The molecule has 0 aliphatic rings. The van der Waals surface area contributed by atoms with E-state index in [0.29, 0.717) is 6.04 Å². The van der Waals surface area contributed by atoms with Gasteiger partial charge in [-0.2, -0.15) is 11.8 Å². The first-order valence-electron chi connectivity index (χ1n) is 6.11. The van der Waals surface area contributed by atoms with Gasteiger partial charge in [-0.15, -0.1) is 0 Å². The van der Waals surface area contributed by atoms with Gasteiger partial charge in [0.25, 0.3) is 0 Å². The molecular formula is C14H22ClNS. The van der Waals surface area contributed by atoms with Crippen LogP contribution >= 0.6 is 23.4 Å². The van der Waals surface area contributed by atoms with E-state index in [2.05, 4.69) is 31.3 Å². The van der Waals surface area contributed by atoms with E-state index in [-0.39, 0.29) is 0 Å². The third-order valence-electron chi connectivity index (χ3n) is 2.55. The minimum Gasteiger partial charge on any atom is -0.316 e. The Labute approximate surface area is 114 Å². The van der Waals surface area contributed by atoms with Crippen LogP contribution in [0.1, 0.15) is 19.4 Å². The van der Waals surface area contributed by atoms with E-state index in [4.69, 9.17) is 11.6 Å². The van der Waals surface area contributed by atoms with Gasteiger partial charge in [0, 0.05) is 16.8 Å². The SMILES string of the molecule is CNC(CSCC(C)C)Cc1cccc(Cl)c1. The molecule has 0 aromatic heterocycles. The van der Waals surface area contributed by atoms with Crippen LogP contribution in [-0.2, 0) is 6.42 Å². The van der Waals surface area contributed by atoms with E-state index < -0.39 is 0 Å². The number of benzene rings is 1. The van der Waals surface area contributed by atoms with Crippen molar-refractivity contribution in [2.24, 2.45) is 5.92 Å². The number of rotatable bonds is 7. The van der Waals surface area contributed by atoms with Crippen molar-refractivity contribution in [3.63, 3.8) is 0 Å². The highest BCUT2D eigenvalue weighted by molar-refractivity contribution is 7.99. The molecule has 0 amide bonds. The van der Waals surface area contributed by atoms with Crippen LogP contribution in [0, 0.1) is 5.92 Å². The maximum Gasteiger partial charge on any atom is 0.0408 e. The zero-order valence-corrected chi connectivity index (χ0v) is 12.4. The highest BCUT2D eigenvalue weighted by atomic mass is 35.5. The lowest BCUT2D eigenvalue weighted by molar-refractivity contribution is 0.616. The van der Waals surface area contributed by atoms with Crippen molar-refractivity contribution in [2.75, 3.05) is 18.6 Å². The summed E-state index contributed by atoms with van der Waals surface area (Å²) >= 11 is 8.01. The van der Waals surface area contributed by atoms with E-state index >= 15 is 0 Å². The summed E-state index contributed by atoms with van der Waals surface area (Å²) < 4.78 is 0. The average Bonchev–Trinajstić information content (AvgIpc) is 2.27. The second kappa shape index (κ2) is 8.02. The summed E-state index contributed by atoms with van der Waals surface area (Å²) in [6.07, 6.45) is 1.04. The Morgan fingerprint density at radius 2 is 2.06 bits per heavy atom. The summed E-state index contributed by atoms with van der Waals surface area (Å²) in [4.78, 5) is 0. The fraction of sp³-hybridized carbons (Fsp3) is 0.571. The number of halogens is 1. The first kappa shape index (κ1) is 14.9. The van der Waals surface area contributed by atoms with E-state index in [0.717, 1.165) is 23.1 Å². The highest BCUT2D eigenvalue weighted by Crippen LogP contribution is 2.15. The van der Waals surface area contributed by atoms with Crippen molar-refractivity contribution in [1.82, 2.24) is 5.32 Å². The molecule has 1 aromatic carbocycles. The summed E-state index contributed by atoms with van der Waals surface area (Å²) in [5.41, 5.74) is 1.31. The third kappa shape index (κ3) is 6.35. The quantitative estimate of drug-likeness (QED) is 0.808. The minimum atomic E-state index is 0.525. The summed E-state index contributed by atoms with van der Waals surface area (Å²) in [6, 6.07) is 8.67. The van der Waals surface area contributed by atoms with Gasteiger partial charge in [0.2, 0.25) is 0 Å². The Morgan fingerprint density at radius 1 is 1.29 bits per heavy atom. The second-order valence-electron chi connectivity index (χ2n) is 4.75. The van der Waals surface area contributed by atoms with Gasteiger partial charge in [0.15, 0.2) is 0 Å². The molecule has 1 rings (SSSR count). The largest absolute Gasteiger partial charge is 0.316 e. The van der Waals surface area contributed by atoms with Gasteiger partial charge in [-0.25, -0.2) is 0 Å². The second-order valence-corrected chi connectivity index (χ2v) is 6.26. The number of hydrogen-bond acceptors (Lipinski definition) is 2. The van der Waals surface area contributed by atoms with Crippen molar-refractivity contribution in [3.05, 3.63) is 34.9 Å². The molecule has 1 aromatic rings. The minimum absolute atomic E-state index is 0.525. The Hall–Kier alpha value is -0.180. The summed E-state index contributed by atoms with van der Waals surface area (Å²) in [5, 5.41) is 4.21. The molecule has 1 N–H and O–H groups in total. The van der Waals surface area contributed by atoms with Crippen molar-refractivity contribution in [3.8, 4) is 0 Å². The molecule has 0 heterocycles. The van der Waals surface area contributed by atoms with Crippen molar-refractivity contribution >= 4 is 23.4 Å². The Balaban J connectivity index is 2.41. The fourth-order valence-electron chi connectivity index (χ4n) is 1.64. The van der Waals surface area contributed by atoms with Gasteiger partial charge in [-0.05, 0) is 42.8 Å². The van der Waals surface area contributed by atoms with Crippen LogP contribution in [0.5, 0.6) is 0 Å². The van der Waals surface area contributed by atoms with Crippen LogP contribution in [0.25, 0.3) is 0 Å². The Morgan fingerprint density at radius 3 is 2.65 bits per heavy atom. The molecule has 1 atom stereocenters. The zero-order chi connectivity index (χ0) is 12.7. The van der Waals surface area contributed by atoms with Crippen LogP contribution in [0.3, 0.4) is 0 Å². The first-order valence-corrected chi connectivity index (χ1v) is 7.64. The standard InChI is InChI=1S/C14H22ClNS/c1-11(2)9-17-10-14(16-3)8-12-5-4-6-13(15)7-12/h4-7,11,14,16H,8-10H2,1-3H3. The van der Waals surface area contributed by atoms with E-state index in [1.54, 1.807) is 0 Å². The summed E-state index contributed by atoms with van der Waals surface area (Å²) in [6.45, 7) is 4.52. The molecule has 0 spiro atoms. The van der Waals surface area contributed by atoms with Gasteiger partial charge in [-0.1, -0.05) is 37.6 Å². The molecule has 0 saturated carbocycles. The number of thioether (sulfide) groups is 1. The smallest absolute Gasteiger partial charge is 0.0408 e. The maximum absolute atomic E-state index is 5.99. The molecule has 0 aliphatic carbocycles. The molecule has 0 fully saturated rings. The van der Waals surface area contributed by atoms with Crippen molar-refractivity contribution < 1.29 is 0 Å². The van der Waals surface area contributed by atoms with Gasteiger partial charge in [0.1, 0.15) is 0 Å². The van der Waals surface area contributed by atoms with Gasteiger partial charge >= 0.3 is 0 Å². The van der Waals surface area contributed by atoms with Gasteiger partial charge in [0.05, 0.1) is 0 Å². The van der Waals surface area contributed by atoms with Crippen LogP contribution in [0.2, 0.25) is 5.02 Å². The lowest BCUT2D eigenvalue weighted by Crippen LogP contribution is -2.30. The molecular weight excluding hydrogens is 250 g/mol. The molecule has 0 bridgehead atoms. The normalized spacial score (nSPS) is 13.0. The summed E-state index contributed by atoms with van der Waals surface area (Å²) in [7, 11) is 2.03. The fourth-order valence-corrected chi connectivity index (χ4v) is 3.03. The van der Waals surface area contributed by atoms with E-state index in [9.17, 15) is 0 Å². The van der Waals surface area contributed by atoms with Crippen LogP contribution in [0.4, 0.5) is 0 Å². The van der Waals surface area contributed by atoms with Crippen LogP contribution in [-0.4, -0.2) is 24.6 Å². The Bertz CT molecular complexity index is 328. The van der Waals surface area contributed by atoms with E-state index in [1.807, 2.05) is 30.9 Å². The average molecular weight is 272 g/mol. The zero-order valence-electron chi connectivity index (χ0n) is 10.9. The molecule has 0 radical (unpaired) electrons. The van der Waals surface area contributed by atoms with Crippen molar-refractivity contribution in [2.45, 2.75) is 26.3 Å². The molecule has 17 heavy (non-hydrogen) atoms. The monoisotopic (exact) mass is 271 g/mol. The maximum atomic E-state index is 5.99. The van der Waals surface area contributed by atoms with E-state index in [1.165, 1.54) is 11.3 Å². The predicted octanol–water partition coefficient (Wildman–Crippen LogP) is 3.86. The lowest BCUT2D eigenvalue weighted by atomic mass is 10.1. The third-order valence-corrected chi connectivity index (χ3v) is 4.33. The molecule has 0 aliphatic heterocycles. The molecule has 1 unspecified atom stereocenters. The highest BCUT2D eigenvalue weighted by Gasteiger charge is 2.08.